The second kappa shape index (κ2) is 8.73. The Morgan fingerprint density at radius 2 is 1.87 bits per heavy atom. The molecule has 1 aliphatic rings. The minimum Gasteiger partial charge on any atom is -0.493 e. The molecule has 31 heavy (non-hydrogen) atoms. The van der Waals surface area contributed by atoms with Gasteiger partial charge in [0.05, 0.1) is 35.6 Å². The molecule has 1 unspecified atom stereocenters. The van der Waals surface area contributed by atoms with Gasteiger partial charge in [-0.1, -0.05) is 59.9 Å². The Labute approximate surface area is 183 Å². The number of rotatable bonds is 5. The van der Waals surface area contributed by atoms with E-state index in [4.69, 9.17) is 9.47 Å². The van der Waals surface area contributed by atoms with E-state index in [-0.39, 0.29) is 5.56 Å². The van der Waals surface area contributed by atoms with Gasteiger partial charge < -0.3 is 9.47 Å². The van der Waals surface area contributed by atoms with Crippen LogP contribution in [0.3, 0.4) is 0 Å². The molecular weight excluding hydrogens is 412 g/mol. The van der Waals surface area contributed by atoms with E-state index < -0.39 is 12.0 Å². The molecule has 3 aromatic rings. The number of methoxy groups -OCH3 is 1. The highest BCUT2D eigenvalue weighted by Gasteiger charge is 2.32. The van der Waals surface area contributed by atoms with Crippen molar-refractivity contribution in [3.8, 4) is 5.75 Å². The van der Waals surface area contributed by atoms with E-state index >= 15 is 0 Å². The van der Waals surface area contributed by atoms with Crippen molar-refractivity contribution in [2.24, 2.45) is 4.99 Å². The zero-order valence-electron chi connectivity index (χ0n) is 17.5. The van der Waals surface area contributed by atoms with E-state index in [0.717, 1.165) is 11.1 Å². The number of esters is 1. The van der Waals surface area contributed by atoms with Gasteiger partial charge in [-0.05, 0) is 31.6 Å². The zero-order valence-corrected chi connectivity index (χ0v) is 18.3. The minimum absolute atomic E-state index is 0.210. The van der Waals surface area contributed by atoms with Crippen LogP contribution >= 0.6 is 11.3 Å². The number of hydrogen-bond acceptors (Lipinski definition) is 6. The van der Waals surface area contributed by atoms with Gasteiger partial charge in [0.1, 0.15) is 5.75 Å². The van der Waals surface area contributed by atoms with E-state index in [2.05, 4.69) is 4.99 Å². The summed E-state index contributed by atoms with van der Waals surface area (Å²) < 4.78 is 12.8. The van der Waals surface area contributed by atoms with Crippen molar-refractivity contribution >= 4 is 23.4 Å². The Morgan fingerprint density at radius 1 is 1.16 bits per heavy atom. The van der Waals surface area contributed by atoms with Gasteiger partial charge >= 0.3 is 5.97 Å². The summed E-state index contributed by atoms with van der Waals surface area (Å²) in [5.41, 5.74) is 2.33. The molecule has 2 heterocycles. The lowest BCUT2D eigenvalue weighted by Gasteiger charge is -2.24. The van der Waals surface area contributed by atoms with Crippen LogP contribution in [0.4, 0.5) is 0 Å². The van der Waals surface area contributed by atoms with Crippen LogP contribution in [0.25, 0.3) is 6.08 Å². The fraction of sp³-hybridized carbons (Fsp3) is 0.208. The van der Waals surface area contributed by atoms with Gasteiger partial charge in [0.2, 0.25) is 0 Å². The van der Waals surface area contributed by atoms with Crippen LogP contribution in [0, 0.1) is 0 Å². The maximum Gasteiger partial charge on any atom is 0.338 e. The van der Waals surface area contributed by atoms with Crippen molar-refractivity contribution in [1.82, 2.24) is 4.57 Å². The third-order valence-corrected chi connectivity index (χ3v) is 6.03. The van der Waals surface area contributed by atoms with E-state index in [1.54, 1.807) is 11.5 Å². The lowest BCUT2D eigenvalue weighted by Crippen LogP contribution is -2.39. The summed E-state index contributed by atoms with van der Waals surface area (Å²) in [6.07, 6.45) is 1.81. The number of ether oxygens (including phenoxy) is 2. The Balaban J connectivity index is 1.96. The van der Waals surface area contributed by atoms with Crippen molar-refractivity contribution in [3.05, 3.63) is 96.7 Å². The van der Waals surface area contributed by atoms with Gasteiger partial charge in [0, 0.05) is 5.56 Å². The second-order valence-electron chi connectivity index (χ2n) is 6.95. The van der Waals surface area contributed by atoms with E-state index in [0.29, 0.717) is 33.0 Å². The fourth-order valence-corrected chi connectivity index (χ4v) is 4.71. The fourth-order valence-electron chi connectivity index (χ4n) is 3.67. The molecule has 0 saturated carbocycles. The molecule has 1 atom stereocenters. The summed E-state index contributed by atoms with van der Waals surface area (Å²) in [5.74, 6) is 0.216. The van der Waals surface area contributed by atoms with Crippen LogP contribution in [0.1, 0.15) is 31.0 Å². The van der Waals surface area contributed by atoms with Gasteiger partial charge in [-0.25, -0.2) is 9.79 Å². The van der Waals surface area contributed by atoms with Gasteiger partial charge in [0.15, 0.2) is 4.80 Å². The summed E-state index contributed by atoms with van der Waals surface area (Å²) in [5, 5.41) is 0. The van der Waals surface area contributed by atoms with Crippen LogP contribution in [0.2, 0.25) is 0 Å². The summed E-state index contributed by atoms with van der Waals surface area (Å²) >= 11 is 1.29. The average molecular weight is 435 g/mol. The smallest absolute Gasteiger partial charge is 0.338 e. The number of aromatic nitrogens is 1. The summed E-state index contributed by atoms with van der Waals surface area (Å²) in [6, 6.07) is 16.4. The van der Waals surface area contributed by atoms with Crippen molar-refractivity contribution in [3.63, 3.8) is 0 Å². The molecule has 0 spiro atoms. The third-order valence-electron chi connectivity index (χ3n) is 5.05. The Bertz CT molecular complexity index is 1340. The second-order valence-corrected chi connectivity index (χ2v) is 7.96. The first-order valence-corrected chi connectivity index (χ1v) is 10.7. The number of hydrogen-bond donors (Lipinski definition) is 0. The third kappa shape index (κ3) is 3.84. The van der Waals surface area contributed by atoms with Crippen LogP contribution < -0.4 is 19.6 Å². The maximum atomic E-state index is 13.5. The molecule has 0 aliphatic carbocycles. The monoisotopic (exact) mass is 434 g/mol. The highest BCUT2D eigenvalue weighted by molar-refractivity contribution is 7.07. The van der Waals surface area contributed by atoms with Gasteiger partial charge in [-0.15, -0.1) is 0 Å². The molecule has 0 radical (unpaired) electrons. The van der Waals surface area contributed by atoms with Crippen molar-refractivity contribution in [2.75, 3.05) is 13.7 Å². The molecule has 0 N–H and O–H groups in total. The number of carbonyl (C=O) groups excluding carboxylic acids is 1. The number of para-hydroxylation sites is 1. The van der Waals surface area contributed by atoms with Gasteiger partial charge in [0.25, 0.3) is 5.56 Å². The number of carbonyl (C=O) groups is 1. The van der Waals surface area contributed by atoms with E-state index in [9.17, 15) is 9.59 Å². The van der Waals surface area contributed by atoms with Crippen LogP contribution in [0.5, 0.6) is 5.75 Å². The molecule has 1 aromatic heterocycles. The highest BCUT2D eigenvalue weighted by atomic mass is 32.1. The molecule has 1 aliphatic heterocycles. The highest BCUT2D eigenvalue weighted by Crippen LogP contribution is 2.30. The predicted octanol–water partition coefficient (Wildman–Crippen LogP) is 2.81. The Hall–Kier alpha value is -3.45. The minimum atomic E-state index is -0.603. The van der Waals surface area contributed by atoms with Crippen LogP contribution in [-0.4, -0.2) is 24.3 Å². The topological polar surface area (TPSA) is 69.9 Å². The maximum absolute atomic E-state index is 13.5. The quantitative estimate of drug-likeness (QED) is 0.579. The Morgan fingerprint density at radius 3 is 2.58 bits per heavy atom. The van der Waals surface area contributed by atoms with Crippen molar-refractivity contribution in [1.29, 1.82) is 0 Å². The molecule has 0 bridgehead atoms. The largest absolute Gasteiger partial charge is 0.493 e. The first kappa shape index (κ1) is 20.8. The summed E-state index contributed by atoms with van der Waals surface area (Å²) in [4.78, 5) is 31.2. The van der Waals surface area contributed by atoms with Crippen LogP contribution in [-0.2, 0) is 9.53 Å². The Kier molecular flexibility index (Phi) is 5.86. The number of fused-ring (bicyclic) bond motifs is 1. The van der Waals surface area contributed by atoms with Gasteiger partial charge in [-0.3, -0.25) is 9.36 Å². The molecule has 0 saturated heterocycles. The standard InChI is InChI=1S/C24H22N2O4S/c1-4-30-18-13-9-8-12-17(18)14-19-22(27)26-21(16-10-6-5-7-11-16)20(23(28)29-3)15(2)25-24(26)31-19/h5-14,21H,4H2,1-3H3. The van der Waals surface area contributed by atoms with Crippen LogP contribution in [0.15, 0.2) is 75.7 Å². The zero-order chi connectivity index (χ0) is 22.0. The normalized spacial score (nSPS) is 16.0. The number of nitrogens with zero attached hydrogens (tertiary/aromatic N) is 2. The SMILES string of the molecule is CCOc1ccccc1C=c1sc2n(c1=O)C(c1ccccc1)C(C(=O)OC)=C(C)N=2. The van der Waals surface area contributed by atoms with Gasteiger partial charge in [-0.2, -0.15) is 0 Å². The van der Waals surface area contributed by atoms with Crippen molar-refractivity contribution in [2.45, 2.75) is 19.9 Å². The van der Waals surface area contributed by atoms with E-state index in [1.807, 2.05) is 67.6 Å². The lowest BCUT2D eigenvalue weighted by molar-refractivity contribution is -0.136. The summed E-state index contributed by atoms with van der Waals surface area (Å²) in [7, 11) is 1.33. The average Bonchev–Trinajstić information content (AvgIpc) is 3.09. The lowest BCUT2D eigenvalue weighted by atomic mass is 9.96. The van der Waals surface area contributed by atoms with Crippen molar-refractivity contribution < 1.29 is 14.3 Å². The van der Waals surface area contributed by atoms with E-state index in [1.165, 1.54) is 18.4 Å². The molecular formula is C24H22N2O4S. The molecule has 4 rings (SSSR count). The number of benzene rings is 2. The first-order chi connectivity index (χ1) is 15.0. The molecule has 0 fully saturated rings. The molecule has 7 heteroatoms. The summed E-state index contributed by atoms with van der Waals surface area (Å²) in [6.45, 7) is 4.22. The molecule has 2 aromatic carbocycles. The predicted molar refractivity (Wildman–Crippen MR) is 120 cm³/mol. The molecule has 0 amide bonds. The number of allylic oxidation sites excluding steroid dienone is 1. The molecule has 158 valence electrons. The first-order valence-electron chi connectivity index (χ1n) is 9.92. The number of thiazole rings is 1. The molecule has 6 nitrogen and oxygen atoms in total.